The van der Waals surface area contributed by atoms with Crippen molar-refractivity contribution < 1.29 is 19.0 Å². The second-order valence-electron chi connectivity index (χ2n) is 7.32. The molecule has 25 heavy (non-hydrogen) atoms. The van der Waals surface area contributed by atoms with E-state index in [1.165, 1.54) is 0 Å². The predicted molar refractivity (Wildman–Crippen MR) is 95.7 cm³/mol. The first kappa shape index (κ1) is 16.9. The molecule has 5 nitrogen and oxygen atoms in total. The zero-order valence-corrected chi connectivity index (χ0v) is 15.0. The van der Waals surface area contributed by atoms with Crippen LogP contribution in [0.5, 0.6) is 5.75 Å². The van der Waals surface area contributed by atoms with E-state index in [4.69, 9.17) is 13.9 Å². The van der Waals surface area contributed by atoms with Gasteiger partial charge in [-0.3, -0.25) is 4.90 Å². The van der Waals surface area contributed by atoms with Crippen molar-refractivity contribution in [3.8, 4) is 5.75 Å². The Morgan fingerprint density at radius 2 is 2.08 bits per heavy atom. The number of benzene rings is 1. The van der Waals surface area contributed by atoms with E-state index in [-0.39, 0.29) is 17.6 Å². The number of rotatable bonds is 5. The molecule has 2 unspecified atom stereocenters. The lowest BCUT2D eigenvalue weighted by molar-refractivity contribution is -0.210. The van der Waals surface area contributed by atoms with E-state index in [1.54, 1.807) is 7.11 Å². The van der Waals surface area contributed by atoms with Gasteiger partial charge in [-0.2, -0.15) is 0 Å². The molecule has 0 radical (unpaired) electrons. The van der Waals surface area contributed by atoms with Crippen LogP contribution in [-0.4, -0.2) is 49.0 Å². The van der Waals surface area contributed by atoms with E-state index in [9.17, 15) is 5.11 Å². The Kier molecular flexibility index (Phi) is 4.48. The predicted octanol–water partition coefficient (Wildman–Crippen LogP) is 3.19. The molecule has 1 N–H and O–H groups in total. The second kappa shape index (κ2) is 6.63. The van der Waals surface area contributed by atoms with E-state index in [0.29, 0.717) is 0 Å². The van der Waals surface area contributed by atoms with Gasteiger partial charge in [0.15, 0.2) is 0 Å². The summed E-state index contributed by atoms with van der Waals surface area (Å²) in [6, 6.07) is 7.99. The van der Waals surface area contributed by atoms with Crippen LogP contribution in [-0.2, 0) is 11.3 Å². The van der Waals surface area contributed by atoms with Crippen LogP contribution < -0.4 is 4.74 Å². The lowest BCUT2D eigenvalue weighted by Gasteiger charge is -2.56. The summed E-state index contributed by atoms with van der Waals surface area (Å²) in [7, 11) is 1.68. The number of aliphatic hydroxyl groups excluding tert-OH is 1. The van der Waals surface area contributed by atoms with Gasteiger partial charge in [0.05, 0.1) is 25.9 Å². The SMILES string of the molecule is CCOC1CC(O)C12CCN(Cc1cc3cc(OC)ccc3o1)CC2. The van der Waals surface area contributed by atoms with Gasteiger partial charge in [-0.05, 0) is 57.1 Å². The molecule has 2 atom stereocenters. The van der Waals surface area contributed by atoms with Gasteiger partial charge in [0.2, 0.25) is 0 Å². The van der Waals surface area contributed by atoms with E-state index in [2.05, 4.69) is 11.0 Å². The van der Waals surface area contributed by atoms with Crippen LogP contribution in [0.25, 0.3) is 11.0 Å². The van der Waals surface area contributed by atoms with Crippen molar-refractivity contribution in [2.45, 2.75) is 44.9 Å². The van der Waals surface area contributed by atoms with Gasteiger partial charge in [0.1, 0.15) is 17.1 Å². The Balaban J connectivity index is 1.40. The number of aliphatic hydroxyl groups is 1. The highest BCUT2D eigenvalue weighted by Crippen LogP contribution is 2.51. The molecule has 2 aromatic rings. The summed E-state index contributed by atoms with van der Waals surface area (Å²) in [5.74, 6) is 1.83. The molecular weight excluding hydrogens is 318 g/mol. The Morgan fingerprint density at radius 3 is 2.76 bits per heavy atom. The minimum absolute atomic E-state index is 0.0201. The maximum absolute atomic E-state index is 10.3. The zero-order valence-electron chi connectivity index (χ0n) is 15.0. The van der Waals surface area contributed by atoms with E-state index in [0.717, 1.165) is 68.0 Å². The summed E-state index contributed by atoms with van der Waals surface area (Å²) in [5, 5.41) is 11.4. The monoisotopic (exact) mass is 345 g/mol. The quantitative estimate of drug-likeness (QED) is 0.902. The molecule has 1 spiro atoms. The first-order chi connectivity index (χ1) is 12.1. The van der Waals surface area contributed by atoms with Gasteiger partial charge >= 0.3 is 0 Å². The second-order valence-corrected chi connectivity index (χ2v) is 7.32. The molecule has 0 bridgehead atoms. The number of likely N-dealkylation sites (tertiary alicyclic amines) is 1. The first-order valence-electron chi connectivity index (χ1n) is 9.23. The van der Waals surface area contributed by atoms with Crippen molar-refractivity contribution >= 4 is 11.0 Å². The van der Waals surface area contributed by atoms with Crippen LogP contribution in [0.15, 0.2) is 28.7 Å². The lowest BCUT2D eigenvalue weighted by atomic mass is 9.58. The van der Waals surface area contributed by atoms with Gasteiger partial charge in [-0.25, -0.2) is 0 Å². The highest BCUT2D eigenvalue weighted by molar-refractivity contribution is 5.79. The van der Waals surface area contributed by atoms with Crippen LogP contribution in [0.3, 0.4) is 0 Å². The van der Waals surface area contributed by atoms with Gasteiger partial charge in [0.25, 0.3) is 0 Å². The van der Waals surface area contributed by atoms with Gasteiger partial charge in [0, 0.05) is 23.8 Å². The molecule has 1 aliphatic carbocycles. The number of nitrogens with zero attached hydrogens (tertiary/aromatic N) is 1. The maximum atomic E-state index is 10.3. The minimum atomic E-state index is -0.204. The first-order valence-corrected chi connectivity index (χ1v) is 9.23. The third-order valence-corrected chi connectivity index (χ3v) is 6.05. The largest absolute Gasteiger partial charge is 0.497 e. The molecule has 1 saturated heterocycles. The Morgan fingerprint density at radius 1 is 1.28 bits per heavy atom. The Labute approximate surface area is 148 Å². The number of piperidine rings is 1. The van der Waals surface area contributed by atoms with Crippen molar-refractivity contribution in [2.75, 3.05) is 26.8 Å². The van der Waals surface area contributed by atoms with Gasteiger partial charge in [-0.1, -0.05) is 0 Å². The fourth-order valence-electron chi connectivity index (χ4n) is 4.45. The lowest BCUT2D eigenvalue weighted by Crippen LogP contribution is -2.62. The summed E-state index contributed by atoms with van der Waals surface area (Å²) >= 11 is 0. The van der Waals surface area contributed by atoms with Gasteiger partial charge in [-0.15, -0.1) is 0 Å². The fraction of sp³-hybridized carbons (Fsp3) is 0.600. The smallest absolute Gasteiger partial charge is 0.134 e. The zero-order chi connectivity index (χ0) is 17.4. The summed E-state index contributed by atoms with van der Waals surface area (Å²) in [6.07, 6.45) is 2.80. The molecule has 2 heterocycles. The topological polar surface area (TPSA) is 55.1 Å². The van der Waals surface area contributed by atoms with Crippen molar-refractivity contribution in [1.82, 2.24) is 4.90 Å². The normalized spacial score (nSPS) is 26.0. The molecule has 4 rings (SSSR count). The molecule has 136 valence electrons. The summed E-state index contributed by atoms with van der Waals surface area (Å²) in [4.78, 5) is 2.41. The van der Waals surface area contributed by atoms with Crippen LogP contribution in [0.4, 0.5) is 0 Å². The molecule has 1 saturated carbocycles. The molecule has 1 aromatic heterocycles. The maximum Gasteiger partial charge on any atom is 0.134 e. The molecule has 0 amide bonds. The number of furan rings is 1. The average molecular weight is 345 g/mol. The molecule has 2 fully saturated rings. The van der Waals surface area contributed by atoms with E-state index >= 15 is 0 Å². The molecule has 1 aromatic carbocycles. The van der Waals surface area contributed by atoms with Crippen LogP contribution in [0.2, 0.25) is 0 Å². The number of hydrogen-bond acceptors (Lipinski definition) is 5. The number of hydrogen-bond donors (Lipinski definition) is 1. The Hall–Kier alpha value is -1.56. The van der Waals surface area contributed by atoms with Crippen molar-refractivity contribution in [3.05, 3.63) is 30.0 Å². The number of methoxy groups -OCH3 is 1. The van der Waals surface area contributed by atoms with Gasteiger partial charge < -0.3 is 19.0 Å². The van der Waals surface area contributed by atoms with Crippen LogP contribution in [0.1, 0.15) is 31.9 Å². The van der Waals surface area contributed by atoms with Crippen molar-refractivity contribution in [3.63, 3.8) is 0 Å². The molecular formula is C20H27NO4. The standard InChI is InChI=1S/C20H27NO4/c1-3-24-19-12-18(22)20(19)6-8-21(9-7-20)13-16-11-14-10-15(23-2)4-5-17(14)25-16/h4-5,10-11,18-19,22H,3,6-9,12-13H2,1-2H3. The Bertz CT molecular complexity index is 730. The summed E-state index contributed by atoms with van der Waals surface area (Å²) in [5.41, 5.74) is 0.878. The fourth-order valence-corrected chi connectivity index (χ4v) is 4.45. The molecule has 5 heteroatoms. The molecule has 2 aliphatic rings. The highest BCUT2D eigenvalue weighted by atomic mass is 16.5. The minimum Gasteiger partial charge on any atom is -0.497 e. The molecule has 1 aliphatic heterocycles. The summed E-state index contributed by atoms with van der Waals surface area (Å²) in [6.45, 7) is 5.51. The third kappa shape index (κ3) is 2.94. The van der Waals surface area contributed by atoms with Crippen LogP contribution in [0, 0.1) is 5.41 Å². The van der Waals surface area contributed by atoms with Crippen LogP contribution >= 0.6 is 0 Å². The van der Waals surface area contributed by atoms with Crippen molar-refractivity contribution in [1.29, 1.82) is 0 Å². The van der Waals surface area contributed by atoms with E-state index < -0.39 is 0 Å². The summed E-state index contributed by atoms with van der Waals surface area (Å²) < 4.78 is 17.1. The third-order valence-electron chi connectivity index (χ3n) is 6.05. The number of fused-ring (bicyclic) bond motifs is 1. The highest BCUT2D eigenvalue weighted by Gasteiger charge is 2.55. The number of ether oxygens (including phenoxy) is 2. The van der Waals surface area contributed by atoms with Crippen molar-refractivity contribution in [2.24, 2.45) is 5.41 Å². The average Bonchev–Trinajstić information content (AvgIpc) is 3.03. The van der Waals surface area contributed by atoms with E-state index in [1.807, 2.05) is 25.1 Å².